The van der Waals surface area contributed by atoms with E-state index in [2.05, 4.69) is 19.9 Å². The Bertz CT molecular complexity index is 567. The van der Waals surface area contributed by atoms with Gasteiger partial charge in [0.15, 0.2) is 0 Å². The summed E-state index contributed by atoms with van der Waals surface area (Å²) in [5, 5.41) is 10.1. The van der Waals surface area contributed by atoms with Crippen LogP contribution >= 0.6 is 0 Å². The van der Waals surface area contributed by atoms with Gasteiger partial charge in [0, 0.05) is 0 Å². The second kappa shape index (κ2) is 5.59. The smallest absolute Gasteiger partial charge is 0.309 e. The van der Waals surface area contributed by atoms with Crippen LogP contribution in [0.15, 0.2) is 11.6 Å². The number of methoxy groups -OCH3 is 1. The normalized spacial score (nSPS) is 50.3. The van der Waals surface area contributed by atoms with E-state index < -0.39 is 0 Å². The molecule has 0 bridgehead atoms. The molecule has 0 amide bonds. The molecule has 7 atom stereocenters. The third kappa shape index (κ3) is 2.16. The molecule has 0 aromatic carbocycles. The Labute approximate surface area is 145 Å². The number of allylic oxidation sites excluding steroid dienone is 1. The second-order valence-electron chi connectivity index (χ2n) is 9.35. The molecule has 24 heavy (non-hydrogen) atoms. The lowest BCUT2D eigenvalue weighted by Crippen LogP contribution is -2.51. The van der Waals surface area contributed by atoms with Crippen LogP contribution in [0.4, 0.5) is 0 Å². The minimum Gasteiger partial charge on any atom is -0.469 e. The minimum atomic E-state index is -0.134. The number of ether oxygens (including phenoxy) is 1. The van der Waals surface area contributed by atoms with Crippen LogP contribution in [0.1, 0.15) is 65.2 Å². The molecule has 3 saturated carbocycles. The molecule has 4 aliphatic carbocycles. The van der Waals surface area contributed by atoms with E-state index in [0.717, 1.165) is 44.4 Å². The molecule has 4 aliphatic rings. The fourth-order valence-corrected chi connectivity index (χ4v) is 7.17. The van der Waals surface area contributed by atoms with Crippen LogP contribution in [-0.2, 0) is 9.53 Å². The monoisotopic (exact) mass is 332 g/mol. The molecule has 0 aromatic heterocycles. The van der Waals surface area contributed by atoms with Crippen LogP contribution < -0.4 is 0 Å². The number of rotatable bonds is 1. The Morgan fingerprint density at radius 3 is 2.71 bits per heavy atom. The number of hydrogen-bond donors (Lipinski definition) is 1. The van der Waals surface area contributed by atoms with Gasteiger partial charge in [0.05, 0.1) is 19.1 Å². The number of esters is 1. The predicted molar refractivity (Wildman–Crippen MR) is 93.2 cm³/mol. The molecule has 0 spiro atoms. The molecule has 4 rings (SSSR count). The summed E-state index contributed by atoms with van der Waals surface area (Å²) in [6, 6.07) is 0. The molecule has 134 valence electrons. The van der Waals surface area contributed by atoms with Gasteiger partial charge in [0.25, 0.3) is 0 Å². The van der Waals surface area contributed by atoms with Gasteiger partial charge < -0.3 is 9.84 Å². The van der Waals surface area contributed by atoms with Crippen LogP contribution in [0.25, 0.3) is 0 Å². The quantitative estimate of drug-likeness (QED) is 0.581. The van der Waals surface area contributed by atoms with Crippen molar-refractivity contribution in [2.75, 3.05) is 7.11 Å². The highest BCUT2D eigenvalue weighted by Gasteiger charge is 2.60. The molecule has 3 fully saturated rings. The molecule has 0 aromatic rings. The van der Waals surface area contributed by atoms with Crippen LogP contribution in [0, 0.1) is 34.5 Å². The lowest BCUT2D eigenvalue weighted by atomic mass is 9.47. The Morgan fingerprint density at radius 1 is 1.17 bits per heavy atom. The van der Waals surface area contributed by atoms with Crippen LogP contribution in [0.5, 0.6) is 0 Å². The number of aliphatic hydroxyl groups is 1. The summed E-state index contributed by atoms with van der Waals surface area (Å²) in [7, 11) is 1.54. The molecule has 0 unspecified atom stereocenters. The van der Waals surface area contributed by atoms with Gasteiger partial charge in [-0.15, -0.1) is 0 Å². The molecule has 0 saturated heterocycles. The van der Waals surface area contributed by atoms with E-state index in [9.17, 15) is 9.90 Å². The summed E-state index contributed by atoms with van der Waals surface area (Å²) in [4.78, 5) is 12.3. The van der Waals surface area contributed by atoms with E-state index in [1.807, 2.05) is 0 Å². The van der Waals surface area contributed by atoms with Gasteiger partial charge in [0.2, 0.25) is 0 Å². The second-order valence-corrected chi connectivity index (χ2v) is 9.35. The minimum absolute atomic E-state index is 0.0116. The first-order valence-corrected chi connectivity index (χ1v) is 9.85. The van der Waals surface area contributed by atoms with Crippen molar-refractivity contribution in [2.45, 2.75) is 71.3 Å². The topological polar surface area (TPSA) is 46.5 Å². The van der Waals surface area contributed by atoms with E-state index in [1.54, 1.807) is 0 Å². The van der Waals surface area contributed by atoms with Crippen molar-refractivity contribution in [1.29, 1.82) is 0 Å². The average Bonchev–Trinajstić information content (AvgIpc) is 2.92. The highest BCUT2D eigenvalue weighted by atomic mass is 16.5. The highest BCUT2D eigenvalue weighted by molar-refractivity contribution is 5.73. The van der Waals surface area contributed by atoms with Gasteiger partial charge >= 0.3 is 5.97 Å². The maximum atomic E-state index is 12.3. The van der Waals surface area contributed by atoms with Gasteiger partial charge in [0.1, 0.15) is 0 Å². The lowest BCUT2D eigenvalue weighted by molar-refractivity contribution is -0.152. The standard InChI is InChI=1S/C21H32O3/c1-20-10-8-14(22)12-13(20)4-5-15-16-6-7-18(19(23)24-3)21(16,2)11-9-17(15)20/h4,14-18,22H,5-12H2,1-3H3/t14-,15+,16+,17+,18-,20+,21+/m1/s1. The third-order valence-corrected chi connectivity index (χ3v) is 8.56. The number of fused-ring (bicyclic) bond motifs is 5. The number of carbonyl (C=O) groups is 1. The Balaban J connectivity index is 1.64. The first-order valence-electron chi connectivity index (χ1n) is 9.85. The van der Waals surface area contributed by atoms with Gasteiger partial charge in [-0.3, -0.25) is 4.79 Å². The van der Waals surface area contributed by atoms with Crippen molar-refractivity contribution in [3.8, 4) is 0 Å². The Morgan fingerprint density at radius 2 is 1.96 bits per heavy atom. The van der Waals surface area contributed by atoms with Crippen molar-refractivity contribution < 1.29 is 14.6 Å². The van der Waals surface area contributed by atoms with Gasteiger partial charge in [-0.2, -0.15) is 0 Å². The molecule has 0 aliphatic heterocycles. The van der Waals surface area contributed by atoms with Crippen molar-refractivity contribution in [2.24, 2.45) is 34.5 Å². The van der Waals surface area contributed by atoms with Crippen molar-refractivity contribution >= 4 is 5.97 Å². The Kier molecular flexibility index (Phi) is 3.87. The van der Waals surface area contributed by atoms with Crippen LogP contribution in [0.3, 0.4) is 0 Å². The summed E-state index contributed by atoms with van der Waals surface area (Å²) < 4.78 is 5.12. The highest BCUT2D eigenvalue weighted by Crippen LogP contribution is 2.66. The van der Waals surface area contributed by atoms with Crippen molar-refractivity contribution in [1.82, 2.24) is 0 Å². The lowest BCUT2D eigenvalue weighted by Gasteiger charge is -2.57. The summed E-state index contributed by atoms with van der Waals surface area (Å²) in [6.45, 7) is 4.81. The summed E-state index contributed by atoms with van der Waals surface area (Å²) in [5.41, 5.74) is 1.94. The van der Waals surface area contributed by atoms with Crippen molar-refractivity contribution in [3.63, 3.8) is 0 Å². The first kappa shape index (κ1) is 16.6. The summed E-state index contributed by atoms with van der Waals surface area (Å²) in [5.74, 6) is 2.21. The summed E-state index contributed by atoms with van der Waals surface area (Å²) >= 11 is 0. The SMILES string of the molecule is COC(=O)[C@H]1CC[C@H]2[C@@H]3CC=C4C[C@H](O)CC[C@]4(C)[C@H]3CC[C@]12C. The Hall–Kier alpha value is -0.830. The molecule has 1 N–H and O–H groups in total. The largest absolute Gasteiger partial charge is 0.469 e. The maximum Gasteiger partial charge on any atom is 0.309 e. The van der Waals surface area contributed by atoms with E-state index in [1.165, 1.54) is 25.5 Å². The van der Waals surface area contributed by atoms with Gasteiger partial charge in [-0.1, -0.05) is 25.5 Å². The molecule has 0 heterocycles. The molecular formula is C21H32O3. The van der Waals surface area contributed by atoms with E-state index in [-0.39, 0.29) is 28.8 Å². The van der Waals surface area contributed by atoms with E-state index in [4.69, 9.17) is 4.74 Å². The zero-order valence-electron chi connectivity index (χ0n) is 15.4. The third-order valence-electron chi connectivity index (χ3n) is 8.56. The zero-order chi connectivity index (χ0) is 17.1. The van der Waals surface area contributed by atoms with Crippen LogP contribution in [0.2, 0.25) is 0 Å². The molecule has 0 radical (unpaired) electrons. The number of carbonyl (C=O) groups excluding carboxylic acids is 1. The summed E-state index contributed by atoms with van der Waals surface area (Å²) in [6.07, 6.45) is 11.0. The molecule has 3 nitrogen and oxygen atoms in total. The van der Waals surface area contributed by atoms with Gasteiger partial charge in [-0.25, -0.2) is 0 Å². The predicted octanol–water partition coefficient (Wildman–Crippen LogP) is 4.10. The zero-order valence-corrected chi connectivity index (χ0v) is 15.4. The maximum absolute atomic E-state index is 12.3. The fraction of sp³-hybridized carbons (Fsp3) is 0.857. The molecular weight excluding hydrogens is 300 g/mol. The number of hydrogen-bond acceptors (Lipinski definition) is 3. The molecule has 3 heteroatoms. The van der Waals surface area contributed by atoms with Gasteiger partial charge in [-0.05, 0) is 80.0 Å². The fourth-order valence-electron chi connectivity index (χ4n) is 7.17. The van der Waals surface area contributed by atoms with E-state index in [0.29, 0.717) is 11.8 Å². The average molecular weight is 332 g/mol. The first-order chi connectivity index (χ1) is 11.4. The van der Waals surface area contributed by atoms with E-state index >= 15 is 0 Å². The van der Waals surface area contributed by atoms with Crippen molar-refractivity contribution in [3.05, 3.63) is 11.6 Å². The number of aliphatic hydroxyl groups excluding tert-OH is 1. The van der Waals surface area contributed by atoms with Crippen LogP contribution in [-0.4, -0.2) is 24.3 Å².